The second kappa shape index (κ2) is 6.23. The van der Waals surface area contributed by atoms with Crippen LogP contribution in [0.4, 0.5) is 5.82 Å². The smallest absolute Gasteiger partial charge is 0.360 e. The van der Waals surface area contributed by atoms with E-state index in [9.17, 15) is 4.79 Å². The lowest BCUT2D eigenvalue weighted by molar-refractivity contribution is -0.0275. The second-order valence-corrected chi connectivity index (χ2v) is 4.97. The van der Waals surface area contributed by atoms with E-state index < -0.39 is 5.97 Å². The number of hydrogen-bond acceptors (Lipinski definition) is 6. The highest BCUT2D eigenvalue weighted by Crippen LogP contribution is 2.18. The molecular weight excluding hydrogens is 260 g/mol. The number of aromatic nitrogens is 2. The van der Waals surface area contributed by atoms with Gasteiger partial charge in [0, 0.05) is 19.5 Å². The van der Waals surface area contributed by atoms with Crippen LogP contribution in [0.1, 0.15) is 23.2 Å². The summed E-state index contributed by atoms with van der Waals surface area (Å²) >= 11 is 0. The number of imidazole rings is 1. The van der Waals surface area contributed by atoms with E-state index in [1.165, 1.54) is 7.11 Å². The van der Waals surface area contributed by atoms with E-state index in [1.807, 2.05) is 11.5 Å². The minimum atomic E-state index is -0.502. The number of carbonyl (C=O) groups excluding carboxylic acids is 1. The van der Waals surface area contributed by atoms with E-state index in [4.69, 9.17) is 15.2 Å². The highest BCUT2D eigenvalue weighted by atomic mass is 16.5. The predicted molar refractivity (Wildman–Crippen MR) is 74.6 cm³/mol. The zero-order valence-electron chi connectivity index (χ0n) is 12.3. The Hall–Kier alpha value is -1.60. The number of nitrogens with two attached hydrogens (primary N) is 1. The third kappa shape index (κ3) is 2.94. The van der Waals surface area contributed by atoms with Gasteiger partial charge in [0.2, 0.25) is 0 Å². The summed E-state index contributed by atoms with van der Waals surface area (Å²) in [5.41, 5.74) is 6.23. The highest BCUT2D eigenvalue weighted by Gasteiger charge is 2.24. The Balaban J connectivity index is 2.21. The fraction of sp³-hybridized carbons (Fsp3) is 0.692. The number of hydrogen-bond donors (Lipinski definition) is 1. The molecule has 0 saturated carbocycles. The zero-order chi connectivity index (χ0) is 14.7. The minimum absolute atomic E-state index is 0.0565. The van der Waals surface area contributed by atoms with E-state index in [2.05, 4.69) is 16.9 Å². The number of carbonyl (C=O) groups is 1. The molecule has 2 N–H and O–H groups in total. The van der Waals surface area contributed by atoms with Gasteiger partial charge in [-0.25, -0.2) is 9.78 Å². The molecule has 1 aliphatic rings. The Kier molecular flexibility index (Phi) is 4.61. The van der Waals surface area contributed by atoms with Crippen LogP contribution in [0.25, 0.3) is 0 Å². The summed E-state index contributed by atoms with van der Waals surface area (Å²) in [5, 5.41) is 0. The van der Waals surface area contributed by atoms with Crippen LogP contribution in [0.15, 0.2) is 0 Å². The molecule has 0 aliphatic carbocycles. The summed E-state index contributed by atoms with van der Waals surface area (Å²) in [4.78, 5) is 18.1. The van der Waals surface area contributed by atoms with Gasteiger partial charge in [0.1, 0.15) is 11.6 Å². The number of esters is 1. The average Bonchev–Trinajstić information content (AvgIpc) is 2.75. The van der Waals surface area contributed by atoms with Crippen LogP contribution in [-0.4, -0.2) is 60.4 Å². The molecule has 0 spiro atoms. The first-order valence-corrected chi connectivity index (χ1v) is 6.80. The van der Waals surface area contributed by atoms with Gasteiger partial charge in [-0.1, -0.05) is 6.92 Å². The first-order chi connectivity index (χ1) is 9.56. The number of ether oxygens (including phenoxy) is 2. The topological polar surface area (TPSA) is 82.6 Å². The quantitative estimate of drug-likeness (QED) is 0.791. The normalized spacial score (nSPS) is 20.1. The lowest BCUT2D eigenvalue weighted by atomic mass is 10.2. The van der Waals surface area contributed by atoms with Crippen LogP contribution in [0, 0.1) is 0 Å². The predicted octanol–water partition coefficient (Wildman–Crippen LogP) is 0.145. The van der Waals surface area contributed by atoms with Crippen LogP contribution in [0.2, 0.25) is 0 Å². The summed E-state index contributed by atoms with van der Waals surface area (Å²) in [6.07, 6.45) is 0.755. The molecule has 1 fully saturated rings. The van der Waals surface area contributed by atoms with Gasteiger partial charge in [-0.05, 0) is 7.05 Å². The summed E-state index contributed by atoms with van der Waals surface area (Å²) < 4.78 is 12.3. The highest BCUT2D eigenvalue weighted by molar-refractivity contribution is 5.92. The molecular formula is C13H22N4O3. The SMILES string of the molecule is CCc1nc(C(=O)OC)c(N)n1CC1CN(C)CCO1. The molecule has 0 aromatic carbocycles. The van der Waals surface area contributed by atoms with Gasteiger partial charge in [0.15, 0.2) is 5.69 Å². The van der Waals surface area contributed by atoms with Gasteiger partial charge < -0.3 is 24.7 Å². The molecule has 2 heterocycles. The second-order valence-electron chi connectivity index (χ2n) is 4.97. The average molecular weight is 282 g/mol. The molecule has 7 nitrogen and oxygen atoms in total. The van der Waals surface area contributed by atoms with Crippen molar-refractivity contribution in [3.8, 4) is 0 Å². The maximum absolute atomic E-state index is 11.6. The molecule has 1 aromatic rings. The van der Waals surface area contributed by atoms with Gasteiger partial charge in [-0.2, -0.15) is 0 Å². The lowest BCUT2D eigenvalue weighted by Crippen LogP contribution is -2.42. The Labute approximate surface area is 118 Å². The van der Waals surface area contributed by atoms with E-state index in [-0.39, 0.29) is 11.8 Å². The van der Waals surface area contributed by atoms with Crippen LogP contribution in [0.5, 0.6) is 0 Å². The van der Waals surface area contributed by atoms with Gasteiger partial charge >= 0.3 is 5.97 Å². The van der Waals surface area contributed by atoms with Crippen LogP contribution < -0.4 is 5.73 Å². The fourth-order valence-electron chi connectivity index (χ4n) is 2.41. The Bertz CT molecular complexity index is 486. The van der Waals surface area contributed by atoms with Crippen molar-refractivity contribution < 1.29 is 14.3 Å². The van der Waals surface area contributed by atoms with Crippen molar-refractivity contribution in [2.45, 2.75) is 26.0 Å². The number of nitrogens with zero attached hydrogens (tertiary/aromatic N) is 3. The summed E-state index contributed by atoms with van der Waals surface area (Å²) in [6, 6.07) is 0. The Morgan fingerprint density at radius 3 is 2.95 bits per heavy atom. The van der Waals surface area contributed by atoms with Crippen molar-refractivity contribution in [1.29, 1.82) is 0 Å². The minimum Gasteiger partial charge on any atom is -0.464 e. The van der Waals surface area contributed by atoms with Crippen molar-refractivity contribution >= 4 is 11.8 Å². The largest absolute Gasteiger partial charge is 0.464 e. The molecule has 7 heteroatoms. The van der Waals surface area contributed by atoms with Gasteiger partial charge in [0.25, 0.3) is 0 Å². The van der Waals surface area contributed by atoms with Gasteiger partial charge in [-0.15, -0.1) is 0 Å². The van der Waals surface area contributed by atoms with E-state index in [0.717, 1.165) is 18.9 Å². The zero-order valence-corrected chi connectivity index (χ0v) is 12.3. The number of anilines is 1. The first kappa shape index (κ1) is 14.8. The third-order valence-corrected chi connectivity index (χ3v) is 3.51. The van der Waals surface area contributed by atoms with Crippen molar-refractivity contribution in [3.05, 3.63) is 11.5 Å². The molecule has 1 aliphatic heterocycles. The summed E-state index contributed by atoms with van der Waals surface area (Å²) in [5.74, 6) is 0.628. The molecule has 2 rings (SSSR count). The molecule has 0 radical (unpaired) electrons. The monoisotopic (exact) mass is 282 g/mol. The van der Waals surface area contributed by atoms with E-state index in [1.54, 1.807) is 0 Å². The van der Waals surface area contributed by atoms with Crippen molar-refractivity contribution in [3.63, 3.8) is 0 Å². The van der Waals surface area contributed by atoms with E-state index in [0.29, 0.717) is 25.4 Å². The number of rotatable bonds is 4. The Morgan fingerprint density at radius 2 is 2.35 bits per heavy atom. The standard InChI is InChI=1S/C13H22N4O3/c1-4-10-15-11(13(18)19-3)12(14)17(10)8-9-7-16(2)5-6-20-9/h9H,4-8,14H2,1-3H3. The molecule has 0 amide bonds. The van der Waals surface area contributed by atoms with Crippen molar-refractivity contribution in [2.75, 3.05) is 39.6 Å². The van der Waals surface area contributed by atoms with Crippen LogP contribution in [-0.2, 0) is 22.4 Å². The molecule has 1 saturated heterocycles. The molecule has 1 unspecified atom stereocenters. The maximum atomic E-state index is 11.6. The van der Waals surface area contributed by atoms with Gasteiger partial charge in [0.05, 0.1) is 26.4 Å². The number of nitrogen functional groups attached to an aromatic ring is 1. The maximum Gasteiger partial charge on any atom is 0.360 e. The van der Waals surface area contributed by atoms with E-state index >= 15 is 0 Å². The molecule has 112 valence electrons. The third-order valence-electron chi connectivity index (χ3n) is 3.51. The molecule has 1 aromatic heterocycles. The summed E-state index contributed by atoms with van der Waals surface area (Å²) in [7, 11) is 3.39. The number of methoxy groups -OCH3 is 1. The lowest BCUT2D eigenvalue weighted by Gasteiger charge is -2.30. The van der Waals surface area contributed by atoms with Crippen molar-refractivity contribution in [1.82, 2.24) is 14.5 Å². The molecule has 0 bridgehead atoms. The number of morpholine rings is 1. The summed E-state index contributed by atoms with van der Waals surface area (Å²) in [6.45, 7) is 5.07. The Morgan fingerprint density at radius 1 is 1.60 bits per heavy atom. The fourth-order valence-corrected chi connectivity index (χ4v) is 2.41. The van der Waals surface area contributed by atoms with Crippen molar-refractivity contribution in [2.24, 2.45) is 0 Å². The molecule has 20 heavy (non-hydrogen) atoms. The number of likely N-dealkylation sites (N-methyl/N-ethyl adjacent to an activating group) is 1. The number of aryl methyl sites for hydroxylation is 1. The van der Waals surface area contributed by atoms with Crippen LogP contribution >= 0.6 is 0 Å². The first-order valence-electron chi connectivity index (χ1n) is 6.80. The van der Waals surface area contributed by atoms with Gasteiger partial charge in [-0.3, -0.25) is 0 Å². The molecule has 1 atom stereocenters. The van der Waals surface area contributed by atoms with Crippen LogP contribution in [0.3, 0.4) is 0 Å².